The first-order chi connectivity index (χ1) is 9.70. The van der Waals surface area contributed by atoms with Crippen LogP contribution in [0.3, 0.4) is 0 Å². The van der Waals surface area contributed by atoms with Crippen molar-refractivity contribution in [2.45, 2.75) is 18.9 Å². The number of rotatable bonds is 4. The van der Waals surface area contributed by atoms with Gasteiger partial charge in [0.15, 0.2) is 12.7 Å². The van der Waals surface area contributed by atoms with E-state index in [0.29, 0.717) is 24.3 Å². The molecule has 104 valence electrons. The molecule has 0 bridgehead atoms. The highest BCUT2D eigenvalue weighted by molar-refractivity contribution is 5.94. The molecule has 0 aliphatic carbocycles. The van der Waals surface area contributed by atoms with Crippen LogP contribution in [0.15, 0.2) is 24.3 Å². The monoisotopic (exact) mass is 274 g/mol. The molecule has 1 aliphatic rings. The van der Waals surface area contributed by atoms with E-state index in [1.54, 1.807) is 24.3 Å². The average molecular weight is 274 g/mol. The third-order valence-corrected chi connectivity index (χ3v) is 2.86. The Bertz CT molecular complexity index is 544. The van der Waals surface area contributed by atoms with Gasteiger partial charge in [0.25, 0.3) is 5.91 Å². The number of ether oxygens (including phenoxy) is 2. The van der Waals surface area contributed by atoms with Crippen molar-refractivity contribution in [3.63, 3.8) is 0 Å². The molecule has 1 aromatic rings. The van der Waals surface area contributed by atoms with Gasteiger partial charge in [0.2, 0.25) is 0 Å². The Morgan fingerprint density at radius 2 is 2.25 bits per heavy atom. The van der Waals surface area contributed by atoms with Gasteiger partial charge < -0.3 is 14.8 Å². The lowest BCUT2D eigenvalue weighted by Crippen LogP contribution is -2.27. The van der Waals surface area contributed by atoms with Gasteiger partial charge in [0.1, 0.15) is 6.07 Å². The number of carbonyl (C=O) groups is 2. The molecule has 0 aromatic heterocycles. The molecule has 6 heteroatoms. The average Bonchev–Trinajstić information content (AvgIpc) is 2.99. The number of nitriles is 1. The lowest BCUT2D eigenvalue weighted by atomic mass is 10.2. The smallest absolute Gasteiger partial charge is 0.335 e. The number of benzene rings is 1. The van der Waals surface area contributed by atoms with Crippen LogP contribution in [0.1, 0.15) is 18.4 Å². The minimum Gasteiger partial charge on any atom is -0.454 e. The Morgan fingerprint density at radius 3 is 2.95 bits per heavy atom. The fourth-order valence-corrected chi connectivity index (χ4v) is 1.87. The van der Waals surface area contributed by atoms with E-state index in [9.17, 15) is 9.59 Å². The van der Waals surface area contributed by atoms with Crippen molar-refractivity contribution < 1.29 is 19.1 Å². The number of hydrogen-bond acceptors (Lipinski definition) is 5. The zero-order chi connectivity index (χ0) is 14.4. The Kier molecular flexibility index (Phi) is 4.69. The van der Waals surface area contributed by atoms with Gasteiger partial charge >= 0.3 is 5.97 Å². The minimum absolute atomic E-state index is 0.353. The second kappa shape index (κ2) is 6.68. The molecular weight excluding hydrogens is 260 g/mol. The summed E-state index contributed by atoms with van der Waals surface area (Å²) in [5, 5.41) is 11.4. The fourth-order valence-electron chi connectivity index (χ4n) is 1.87. The summed E-state index contributed by atoms with van der Waals surface area (Å²) in [5.41, 5.74) is 0.750. The molecule has 1 amide bonds. The topological polar surface area (TPSA) is 88.4 Å². The van der Waals surface area contributed by atoms with Gasteiger partial charge in [-0.3, -0.25) is 4.79 Å². The number of carbonyl (C=O) groups excluding carboxylic acids is 2. The fraction of sp³-hybridized carbons (Fsp3) is 0.357. The molecule has 1 heterocycles. The molecule has 1 atom stereocenters. The second-order valence-electron chi connectivity index (χ2n) is 4.31. The minimum atomic E-state index is -0.561. The summed E-state index contributed by atoms with van der Waals surface area (Å²) >= 11 is 0. The molecule has 0 radical (unpaired) electrons. The molecule has 1 saturated heterocycles. The maximum Gasteiger partial charge on any atom is 0.335 e. The summed E-state index contributed by atoms with van der Waals surface area (Å²) in [4.78, 5) is 23.2. The first-order valence-corrected chi connectivity index (χ1v) is 6.28. The molecule has 0 unspecified atom stereocenters. The molecule has 1 N–H and O–H groups in total. The summed E-state index contributed by atoms with van der Waals surface area (Å²) < 4.78 is 10.0. The van der Waals surface area contributed by atoms with Gasteiger partial charge in [-0.1, -0.05) is 12.1 Å². The van der Waals surface area contributed by atoms with E-state index in [1.165, 1.54) is 0 Å². The molecule has 1 aliphatic heterocycles. The highest BCUT2D eigenvalue weighted by atomic mass is 16.6. The third-order valence-electron chi connectivity index (χ3n) is 2.86. The lowest BCUT2D eigenvalue weighted by molar-refractivity contribution is -0.156. The summed E-state index contributed by atoms with van der Waals surface area (Å²) in [5.74, 6) is -1.01. The summed E-state index contributed by atoms with van der Waals surface area (Å²) in [6, 6.07) is 8.57. The van der Waals surface area contributed by atoms with Crippen LogP contribution in [0.25, 0.3) is 0 Å². The van der Waals surface area contributed by atoms with Crippen molar-refractivity contribution in [2.24, 2.45) is 0 Å². The molecular formula is C14H14N2O4. The van der Waals surface area contributed by atoms with Crippen LogP contribution in [-0.4, -0.2) is 31.2 Å². The van der Waals surface area contributed by atoms with E-state index >= 15 is 0 Å². The number of nitrogens with zero attached hydrogens (tertiary/aromatic N) is 1. The zero-order valence-electron chi connectivity index (χ0n) is 10.8. The first-order valence-electron chi connectivity index (χ1n) is 6.28. The number of para-hydroxylation sites is 1. The maximum absolute atomic E-state index is 11.7. The number of esters is 1. The molecule has 2 rings (SSSR count). The molecule has 1 fully saturated rings. The van der Waals surface area contributed by atoms with Gasteiger partial charge in [0, 0.05) is 6.61 Å². The van der Waals surface area contributed by atoms with Crippen LogP contribution in [0, 0.1) is 11.3 Å². The van der Waals surface area contributed by atoms with Crippen molar-refractivity contribution >= 4 is 17.6 Å². The highest BCUT2D eigenvalue weighted by Crippen LogP contribution is 2.14. The highest BCUT2D eigenvalue weighted by Gasteiger charge is 2.25. The largest absolute Gasteiger partial charge is 0.454 e. The van der Waals surface area contributed by atoms with Crippen LogP contribution in [0.4, 0.5) is 5.69 Å². The molecule has 1 aromatic carbocycles. The van der Waals surface area contributed by atoms with E-state index in [2.05, 4.69) is 5.32 Å². The maximum atomic E-state index is 11.7. The van der Waals surface area contributed by atoms with Crippen molar-refractivity contribution in [1.29, 1.82) is 5.26 Å². The van der Waals surface area contributed by atoms with Crippen molar-refractivity contribution in [2.75, 3.05) is 18.5 Å². The van der Waals surface area contributed by atoms with E-state index in [-0.39, 0.29) is 0 Å². The molecule has 20 heavy (non-hydrogen) atoms. The van der Waals surface area contributed by atoms with E-state index in [0.717, 1.165) is 6.42 Å². The van der Waals surface area contributed by atoms with Crippen molar-refractivity contribution in [3.05, 3.63) is 29.8 Å². The van der Waals surface area contributed by atoms with Gasteiger partial charge in [-0.05, 0) is 25.0 Å². The molecule has 6 nitrogen and oxygen atoms in total. The van der Waals surface area contributed by atoms with Gasteiger partial charge in [-0.2, -0.15) is 5.26 Å². The Labute approximate surface area is 116 Å². The predicted octanol–water partition coefficient (Wildman–Crippen LogP) is 1.22. The number of anilines is 1. The Morgan fingerprint density at radius 1 is 1.45 bits per heavy atom. The lowest BCUT2D eigenvalue weighted by Gasteiger charge is -2.10. The predicted molar refractivity (Wildman–Crippen MR) is 69.7 cm³/mol. The molecule has 0 saturated carbocycles. The Hall–Kier alpha value is -2.39. The Balaban J connectivity index is 1.83. The number of amides is 1. The standard InChI is InChI=1S/C14H14N2O4/c15-8-10-4-1-2-5-11(10)16-13(17)9-20-14(18)12-6-3-7-19-12/h1-2,4-5,12H,3,6-7,9H2,(H,16,17)/t12-/m1/s1. The van der Waals surface area contributed by atoms with Crippen molar-refractivity contribution in [1.82, 2.24) is 0 Å². The summed E-state index contributed by atoms with van der Waals surface area (Å²) in [6.07, 6.45) is 0.883. The first kappa shape index (κ1) is 14.0. The van der Waals surface area contributed by atoms with Gasteiger partial charge in [-0.15, -0.1) is 0 Å². The van der Waals surface area contributed by atoms with Crippen LogP contribution in [0.2, 0.25) is 0 Å². The van der Waals surface area contributed by atoms with Gasteiger partial charge in [0.05, 0.1) is 11.3 Å². The van der Waals surface area contributed by atoms with Gasteiger partial charge in [-0.25, -0.2) is 4.79 Å². The van der Waals surface area contributed by atoms with E-state index < -0.39 is 24.6 Å². The second-order valence-corrected chi connectivity index (χ2v) is 4.31. The summed E-state index contributed by atoms with van der Waals surface area (Å²) in [6.45, 7) is 0.153. The number of nitrogens with one attached hydrogen (secondary N) is 1. The van der Waals surface area contributed by atoms with E-state index in [1.807, 2.05) is 6.07 Å². The van der Waals surface area contributed by atoms with Crippen LogP contribution >= 0.6 is 0 Å². The third kappa shape index (κ3) is 3.56. The SMILES string of the molecule is N#Cc1ccccc1NC(=O)COC(=O)[C@H]1CCCO1. The zero-order valence-corrected chi connectivity index (χ0v) is 10.8. The number of hydrogen-bond donors (Lipinski definition) is 1. The van der Waals surface area contributed by atoms with Crippen LogP contribution < -0.4 is 5.32 Å². The van der Waals surface area contributed by atoms with Crippen molar-refractivity contribution in [3.8, 4) is 6.07 Å². The summed E-state index contributed by atoms with van der Waals surface area (Å²) in [7, 11) is 0. The van der Waals surface area contributed by atoms with Crippen LogP contribution in [-0.2, 0) is 19.1 Å². The molecule has 0 spiro atoms. The quantitative estimate of drug-likeness (QED) is 0.834. The van der Waals surface area contributed by atoms with E-state index in [4.69, 9.17) is 14.7 Å². The normalized spacial score (nSPS) is 17.2. The van der Waals surface area contributed by atoms with Crippen LogP contribution in [0.5, 0.6) is 0 Å².